The number of halogens is 2. The number of carbonyl (C=O) groups is 2. The van der Waals surface area contributed by atoms with E-state index in [4.69, 9.17) is 5.73 Å². The van der Waals surface area contributed by atoms with Crippen molar-refractivity contribution in [1.82, 2.24) is 15.1 Å². The second-order valence-electron chi connectivity index (χ2n) is 6.05. The molecule has 7 nitrogen and oxygen atoms in total. The summed E-state index contributed by atoms with van der Waals surface area (Å²) in [7, 11) is 1.23. The van der Waals surface area contributed by atoms with Crippen molar-refractivity contribution in [3.63, 3.8) is 0 Å². The van der Waals surface area contributed by atoms with E-state index in [-0.39, 0.29) is 18.9 Å². The van der Waals surface area contributed by atoms with Gasteiger partial charge in [0.05, 0.1) is 25.3 Å². The summed E-state index contributed by atoms with van der Waals surface area (Å²) < 4.78 is 31.2. The van der Waals surface area contributed by atoms with Crippen LogP contribution < -0.4 is 5.73 Å². The highest BCUT2D eigenvalue weighted by molar-refractivity contribution is 5.86. The third-order valence-corrected chi connectivity index (χ3v) is 4.37. The Morgan fingerprint density at radius 1 is 1.38 bits per heavy atom. The first-order valence-corrected chi connectivity index (χ1v) is 8.03. The zero-order valence-corrected chi connectivity index (χ0v) is 14.1. The van der Waals surface area contributed by atoms with Crippen LogP contribution in [0, 0.1) is 11.6 Å². The van der Waals surface area contributed by atoms with Gasteiger partial charge in [-0.25, -0.2) is 8.78 Å². The van der Waals surface area contributed by atoms with Crippen molar-refractivity contribution in [2.24, 2.45) is 5.73 Å². The molecular formula is C17H18F2N4O3. The topological polar surface area (TPSA) is 101 Å². The highest BCUT2D eigenvalue weighted by Gasteiger charge is 2.29. The number of carbonyl (C=O) groups excluding carboxylic acids is 2. The molecule has 1 amide bonds. The maximum Gasteiger partial charge on any atom is 0.307 e. The van der Waals surface area contributed by atoms with Gasteiger partial charge in [-0.2, -0.15) is 5.10 Å². The summed E-state index contributed by atoms with van der Waals surface area (Å²) in [6.45, 7) is 0.633. The monoisotopic (exact) mass is 364 g/mol. The molecule has 0 unspecified atom stereocenters. The van der Waals surface area contributed by atoms with Crippen LogP contribution >= 0.6 is 0 Å². The van der Waals surface area contributed by atoms with Crippen molar-refractivity contribution in [1.29, 1.82) is 0 Å². The molecule has 138 valence electrons. The Kier molecular flexibility index (Phi) is 4.99. The highest BCUT2D eigenvalue weighted by atomic mass is 19.2. The summed E-state index contributed by atoms with van der Waals surface area (Å²) in [6.07, 6.45) is 0.308. The average molecular weight is 364 g/mol. The summed E-state index contributed by atoms with van der Waals surface area (Å²) in [5, 5.41) is 7.06. The van der Waals surface area contributed by atoms with Crippen molar-refractivity contribution in [3.05, 3.63) is 41.1 Å². The molecule has 0 radical (unpaired) electrons. The van der Waals surface area contributed by atoms with Crippen LogP contribution in [0.15, 0.2) is 18.2 Å². The number of hydrogen-bond acceptors (Lipinski definition) is 5. The minimum Gasteiger partial charge on any atom is -0.469 e. The van der Waals surface area contributed by atoms with Crippen molar-refractivity contribution in [2.45, 2.75) is 25.4 Å². The molecular weight excluding hydrogens is 346 g/mol. The minimum atomic E-state index is -0.998. The molecule has 1 aromatic carbocycles. The van der Waals surface area contributed by atoms with E-state index >= 15 is 0 Å². The first kappa shape index (κ1) is 18.0. The number of H-pyrrole nitrogens is 1. The van der Waals surface area contributed by atoms with Gasteiger partial charge in [0, 0.05) is 36.3 Å². The number of nitrogens with zero attached hydrogens (tertiary/aromatic N) is 2. The summed E-state index contributed by atoms with van der Waals surface area (Å²) >= 11 is 0. The van der Waals surface area contributed by atoms with E-state index < -0.39 is 23.6 Å². The second-order valence-corrected chi connectivity index (χ2v) is 6.05. The van der Waals surface area contributed by atoms with Crippen LogP contribution in [0.5, 0.6) is 0 Å². The molecule has 0 saturated heterocycles. The molecule has 9 heteroatoms. The number of nitrogens with two attached hydrogens (primary N) is 1. The van der Waals surface area contributed by atoms with Gasteiger partial charge in [0.25, 0.3) is 0 Å². The van der Waals surface area contributed by atoms with Gasteiger partial charge < -0.3 is 15.4 Å². The highest BCUT2D eigenvalue weighted by Crippen LogP contribution is 2.29. The van der Waals surface area contributed by atoms with Gasteiger partial charge >= 0.3 is 5.97 Å². The van der Waals surface area contributed by atoms with Gasteiger partial charge in [-0.15, -0.1) is 0 Å². The molecule has 1 atom stereocenters. The largest absolute Gasteiger partial charge is 0.469 e. The summed E-state index contributed by atoms with van der Waals surface area (Å²) in [4.78, 5) is 25.3. The maximum absolute atomic E-state index is 13.5. The summed E-state index contributed by atoms with van der Waals surface area (Å²) in [5.41, 5.74) is 8.22. The predicted octanol–water partition coefficient (Wildman–Crippen LogP) is 1.13. The fourth-order valence-electron chi connectivity index (χ4n) is 2.95. The Hall–Kier alpha value is -2.81. The number of fused-ring (bicyclic) bond motifs is 1. The number of methoxy groups -OCH3 is 1. The molecule has 0 fully saturated rings. The van der Waals surface area contributed by atoms with E-state index in [1.165, 1.54) is 18.1 Å². The first-order valence-electron chi connectivity index (χ1n) is 8.03. The SMILES string of the molecule is COC(=O)C[C@H](N)C(=O)N1CCc2[nH]nc(-c3ccc(F)c(F)c3)c2C1. The second kappa shape index (κ2) is 7.20. The lowest BCUT2D eigenvalue weighted by Crippen LogP contribution is -2.46. The quantitative estimate of drug-likeness (QED) is 0.792. The Bertz CT molecular complexity index is 853. The molecule has 1 aromatic heterocycles. The van der Waals surface area contributed by atoms with E-state index in [2.05, 4.69) is 14.9 Å². The number of esters is 1. The molecule has 2 heterocycles. The predicted molar refractivity (Wildman–Crippen MR) is 87.7 cm³/mol. The van der Waals surface area contributed by atoms with Gasteiger partial charge in [0.15, 0.2) is 11.6 Å². The van der Waals surface area contributed by atoms with E-state index in [1.54, 1.807) is 0 Å². The lowest BCUT2D eigenvalue weighted by Gasteiger charge is -2.29. The fraction of sp³-hybridized carbons (Fsp3) is 0.353. The first-order chi connectivity index (χ1) is 12.4. The Balaban J connectivity index is 1.82. The van der Waals surface area contributed by atoms with E-state index in [0.29, 0.717) is 24.2 Å². The van der Waals surface area contributed by atoms with Crippen molar-refractivity contribution < 1.29 is 23.1 Å². The van der Waals surface area contributed by atoms with Crippen molar-refractivity contribution >= 4 is 11.9 Å². The van der Waals surface area contributed by atoms with Crippen LogP contribution in [-0.2, 0) is 27.3 Å². The number of aromatic nitrogens is 2. The molecule has 0 aliphatic carbocycles. The normalized spacial score (nSPS) is 14.7. The lowest BCUT2D eigenvalue weighted by molar-refractivity contribution is -0.144. The van der Waals surface area contributed by atoms with Gasteiger partial charge in [-0.3, -0.25) is 14.7 Å². The van der Waals surface area contributed by atoms with Crippen LogP contribution in [0.25, 0.3) is 11.3 Å². The number of benzene rings is 1. The molecule has 26 heavy (non-hydrogen) atoms. The number of hydrogen-bond donors (Lipinski definition) is 2. The van der Waals surface area contributed by atoms with E-state index in [0.717, 1.165) is 23.4 Å². The van der Waals surface area contributed by atoms with E-state index in [9.17, 15) is 18.4 Å². The van der Waals surface area contributed by atoms with Gasteiger partial charge in [-0.05, 0) is 18.2 Å². The average Bonchev–Trinajstić information content (AvgIpc) is 3.06. The summed E-state index contributed by atoms with van der Waals surface area (Å²) in [6, 6.07) is 2.53. The number of ether oxygens (including phenoxy) is 1. The Labute approximate surface area is 148 Å². The van der Waals surface area contributed by atoms with Crippen LogP contribution in [-0.4, -0.2) is 46.7 Å². The molecule has 0 saturated carbocycles. The molecule has 2 aromatic rings. The van der Waals surface area contributed by atoms with Gasteiger partial charge in [0.2, 0.25) is 5.91 Å². The van der Waals surface area contributed by atoms with Crippen LogP contribution in [0.3, 0.4) is 0 Å². The third kappa shape index (κ3) is 3.43. The maximum atomic E-state index is 13.5. The number of nitrogens with one attached hydrogen (secondary N) is 1. The Morgan fingerprint density at radius 3 is 2.85 bits per heavy atom. The number of amides is 1. The van der Waals surface area contributed by atoms with Crippen LogP contribution in [0.4, 0.5) is 8.78 Å². The standard InChI is InChI=1S/C17H18F2N4O3/c1-26-15(24)7-13(20)17(25)23-5-4-14-10(8-23)16(22-21-14)9-2-3-11(18)12(19)6-9/h2-3,6,13H,4-5,7-8,20H2,1H3,(H,21,22)/t13-/m0/s1. The van der Waals surface area contributed by atoms with Crippen molar-refractivity contribution in [2.75, 3.05) is 13.7 Å². The van der Waals surface area contributed by atoms with Gasteiger partial charge in [0.1, 0.15) is 0 Å². The van der Waals surface area contributed by atoms with Crippen molar-refractivity contribution in [3.8, 4) is 11.3 Å². The van der Waals surface area contributed by atoms with Crippen LogP contribution in [0.1, 0.15) is 17.7 Å². The summed E-state index contributed by atoms with van der Waals surface area (Å²) in [5.74, 6) is -2.85. The smallest absolute Gasteiger partial charge is 0.307 e. The lowest BCUT2D eigenvalue weighted by atomic mass is 10.00. The van der Waals surface area contributed by atoms with E-state index in [1.807, 2.05) is 0 Å². The van der Waals surface area contributed by atoms with Gasteiger partial charge in [-0.1, -0.05) is 0 Å². The molecule has 0 bridgehead atoms. The third-order valence-electron chi connectivity index (χ3n) is 4.37. The molecule has 1 aliphatic heterocycles. The number of rotatable bonds is 4. The molecule has 3 rings (SSSR count). The Morgan fingerprint density at radius 2 is 2.15 bits per heavy atom. The molecule has 3 N–H and O–H groups in total. The molecule has 1 aliphatic rings. The fourth-order valence-corrected chi connectivity index (χ4v) is 2.95. The zero-order valence-electron chi connectivity index (χ0n) is 14.1. The molecule has 0 spiro atoms. The van der Waals surface area contributed by atoms with Crippen LogP contribution in [0.2, 0.25) is 0 Å². The number of aromatic amines is 1. The zero-order chi connectivity index (χ0) is 18.8. The minimum absolute atomic E-state index is 0.208.